The molecular weight excluding hydrogens is 328 g/mol. The van der Waals surface area contributed by atoms with Crippen molar-refractivity contribution < 1.29 is 14.3 Å². The van der Waals surface area contributed by atoms with Gasteiger partial charge in [-0.2, -0.15) is 0 Å². The van der Waals surface area contributed by atoms with E-state index < -0.39 is 0 Å². The Morgan fingerprint density at radius 1 is 1.04 bits per heavy atom. The third kappa shape index (κ3) is 3.08. The molecule has 0 saturated heterocycles. The lowest BCUT2D eigenvalue weighted by Crippen LogP contribution is -2.14. The number of rotatable bonds is 3. The predicted octanol–water partition coefficient (Wildman–Crippen LogP) is 4.49. The number of carbonyl (C=O) groups is 2. The van der Waals surface area contributed by atoms with Gasteiger partial charge in [0.1, 0.15) is 5.75 Å². The van der Waals surface area contributed by atoms with Crippen molar-refractivity contribution in [2.75, 3.05) is 12.4 Å². The molecule has 5 nitrogen and oxygen atoms in total. The van der Waals surface area contributed by atoms with Crippen LogP contribution in [0.5, 0.6) is 5.75 Å². The summed E-state index contributed by atoms with van der Waals surface area (Å²) >= 11 is 0. The molecule has 1 aromatic heterocycles. The summed E-state index contributed by atoms with van der Waals surface area (Å²) in [6, 6.07) is 9.40. The van der Waals surface area contributed by atoms with Gasteiger partial charge in [0.15, 0.2) is 0 Å². The summed E-state index contributed by atoms with van der Waals surface area (Å²) in [4.78, 5) is 24.9. The molecule has 0 bridgehead atoms. The van der Waals surface area contributed by atoms with E-state index in [9.17, 15) is 9.59 Å². The quantitative estimate of drug-likeness (QED) is 0.757. The molecule has 0 atom stereocenters. The van der Waals surface area contributed by atoms with Gasteiger partial charge in [0.25, 0.3) is 5.91 Å². The highest BCUT2D eigenvalue weighted by Crippen LogP contribution is 2.28. The summed E-state index contributed by atoms with van der Waals surface area (Å²) in [5, 5.41) is 3.68. The fraction of sp³-hybridized carbons (Fsp3) is 0.238. The number of benzene rings is 2. The number of anilines is 1. The number of carbonyl (C=O) groups excluding carboxylic acids is 2. The highest BCUT2D eigenvalue weighted by atomic mass is 16.5. The number of aryl methyl sites for hydroxylation is 3. The van der Waals surface area contributed by atoms with Crippen molar-refractivity contribution in [2.24, 2.45) is 0 Å². The minimum absolute atomic E-state index is 0.151. The lowest BCUT2D eigenvalue weighted by Gasteiger charge is -2.12. The van der Waals surface area contributed by atoms with Crippen molar-refractivity contribution in [3.8, 4) is 5.75 Å². The fourth-order valence-corrected chi connectivity index (χ4v) is 3.34. The molecule has 0 aliphatic rings. The summed E-state index contributed by atoms with van der Waals surface area (Å²) in [6.07, 6.45) is 1.58. The molecule has 1 N–H and O–H groups in total. The van der Waals surface area contributed by atoms with Gasteiger partial charge in [-0.3, -0.25) is 14.2 Å². The van der Waals surface area contributed by atoms with Crippen LogP contribution in [0.25, 0.3) is 10.9 Å². The van der Waals surface area contributed by atoms with Crippen LogP contribution < -0.4 is 10.1 Å². The largest absolute Gasteiger partial charge is 0.497 e. The Kier molecular flexibility index (Phi) is 4.55. The van der Waals surface area contributed by atoms with Crippen molar-refractivity contribution in [1.29, 1.82) is 0 Å². The summed E-state index contributed by atoms with van der Waals surface area (Å²) in [6.45, 7) is 7.44. The van der Waals surface area contributed by atoms with E-state index in [1.165, 1.54) is 11.5 Å². The van der Waals surface area contributed by atoms with Crippen LogP contribution in [0.2, 0.25) is 0 Å². The zero-order valence-electron chi connectivity index (χ0n) is 15.6. The van der Waals surface area contributed by atoms with Gasteiger partial charge in [-0.05, 0) is 50.1 Å². The molecule has 1 amide bonds. The predicted molar refractivity (Wildman–Crippen MR) is 103 cm³/mol. The summed E-state index contributed by atoms with van der Waals surface area (Å²) < 4.78 is 6.76. The number of aromatic nitrogens is 1. The zero-order valence-corrected chi connectivity index (χ0v) is 15.6. The average molecular weight is 350 g/mol. The van der Waals surface area contributed by atoms with Crippen LogP contribution >= 0.6 is 0 Å². The molecule has 1 heterocycles. The van der Waals surface area contributed by atoms with Crippen molar-refractivity contribution >= 4 is 28.4 Å². The summed E-state index contributed by atoms with van der Waals surface area (Å²) in [7, 11) is 1.57. The van der Waals surface area contributed by atoms with Gasteiger partial charge in [0.2, 0.25) is 5.91 Å². The number of methoxy groups -OCH3 is 1. The minimum atomic E-state index is -0.252. The second kappa shape index (κ2) is 6.67. The number of fused-ring (bicyclic) bond motifs is 1. The van der Waals surface area contributed by atoms with E-state index in [4.69, 9.17) is 4.74 Å². The molecule has 0 spiro atoms. The molecule has 26 heavy (non-hydrogen) atoms. The Morgan fingerprint density at radius 3 is 2.27 bits per heavy atom. The first-order valence-electron chi connectivity index (χ1n) is 8.41. The first kappa shape index (κ1) is 17.7. The number of hydrogen-bond donors (Lipinski definition) is 1. The van der Waals surface area contributed by atoms with E-state index in [0.717, 1.165) is 22.4 Å². The van der Waals surface area contributed by atoms with Gasteiger partial charge >= 0.3 is 0 Å². The molecule has 134 valence electrons. The molecule has 0 radical (unpaired) electrons. The molecule has 0 unspecified atom stereocenters. The topological polar surface area (TPSA) is 60.3 Å². The molecule has 2 aromatic carbocycles. The van der Waals surface area contributed by atoms with Crippen LogP contribution in [-0.4, -0.2) is 23.5 Å². The van der Waals surface area contributed by atoms with Gasteiger partial charge in [-0.15, -0.1) is 0 Å². The van der Waals surface area contributed by atoms with Crippen LogP contribution in [0, 0.1) is 20.8 Å². The first-order chi connectivity index (χ1) is 12.3. The Bertz CT molecular complexity index is 1010. The zero-order chi connectivity index (χ0) is 19.0. The van der Waals surface area contributed by atoms with E-state index >= 15 is 0 Å². The van der Waals surface area contributed by atoms with Gasteiger partial charge in [-0.25, -0.2) is 0 Å². The molecule has 3 aromatic rings. The van der Waals surface area contributed by atoms with E-state index in [0.29, 0.717) is 22.2 Å². The van der Waals surface area contributed by atoms with E-state index in [1.807, 2.05) is 32.9 Å². The normalized spacial score (nSPS) is 10.8. The number of hydrogen-bond acceptors (Lipinski definition) is 3. The van der Waals surface area contributed by atoms with Crippen LogP contribution in [0.15, 0.2) is 36.5 Å². The third-order valence-electron chi connectivity index (χ3n) is 4.51. The van der Waals surface area contributed by atoms with Crippen LogP contribution in [0.1, 0.15) is 38.8 Å². The highest BCUT2D eigenvalue weighted by Gasteiger charge is 2.19. The molecule has 0 saturated carbocycles. The van der Waals surface area contributed by atoms with Gasteiger partial charge in [-0.1, -0.05) is 17.7 Å². The lowest BCUT2D eigenvalue weighted by atomic mass is 10.0. The monoisotopic (exact) mass is 350 g/mol. The summed E-state index contributed by atoms with van der Waals surface area (Å²) in [5.74, 6) is 0.232. The molecular formula is C21H22N2O3. The van der Waals surface area contributed by atoms with Gasteiger partial charge < -0.3 is 10.1 Å². The highest BCUT2D eigenvalue weighted by molar-refractivity contribution is 6.15. The van der Waals surface area contributed by atoms with Crippen molar-refractivity contribution in [3.63, 3.8) is 0 Å². The number of nitrogens with zero attached hydrogens (tertiary/aromatic N) is 1. The van der Waals surface area contributed by atoms with E-state index in [-0.39, 0.29) is 11.8 Å². The van der Waals surface area contributed by atoms with Crippen molar-refractivity contribution in [2.45, 2.75) is 27.7 Å². The average Bonchev–Trinajstić information content (AvgIpc) is 2.96. The lowest BCUT2D eigenvalue weighted by molar-refractivity contribution is 0.0941. The van der Waals surface area contributed by atoms with E-state index in [2.05, 4.69) is 5.32 Å². The minimum Gasteiger partial charge on any atom is -0.497 e. The van der Waals surface area contributed by atoms with Crippen molar-refractivity contribution in [1.82, 2.24) is 4.57 Å². The Morgan fingerprint density at radius 2 is 1.69 bits per heavy atom. The molecule has 0 aliphatic heterocycles. The van der Waals surface area contributed by atoms with Gasteiger partial charge in [0, 0.05) is 24.2 Å². The Labute approximate surface area is 152 Å². The van der Waals surface area contributed by atoms with Crippen LogP contribution in [0.3, 0.4) is 0 Å². The molecule has 5 heteroatoms. The number of ether oxygens (including phenoxy) is 1. The van der Waals surface area contributed by atoms with Crippen LogP contribution in [-0.2, 0) is 0 Å². The summed E-state index contributed by atoms with van der Waals surface area (Å²) in [5.41, 5.74) is 5.07. The van der Waals surface area contributed by atoms with Gasteiger partial charge in [0.05, 0.1) is 18.2 Å². The molecule has 0 fully saturated rings. The third-order valence-corrected chi connectivity index (χ3v) is 4.51. The maximum absolute atomic E-state index is 13.0. The standard InChI is InChI=1S/C21H22N2O3/c1-12-8-13(2)20(14(3)9-12)22-21(25)18-11-23(15(4)24)19-7-6-16(26-5)10-17(18)19/h6-11H,1-5H3,(H,22,25). The second-order valence-electron chi connectivity index (χ2n) is 6.54. The maximum atomic E-state index is 13.0. The number of amides is 1. The second-order valence-corrected chi connectivity index (χ2v) is 6.54. The smallest absolute Gasteiger partial charge is 0.257 e. The maximum Gasteiger partial charge on any atom is 0.257 e. The Hall–Kier alpha value is -3.08. The Balaban J connectivity index is 2.10. The van der Waals surface area contributed by atoms with E-state index in [1.54, 1.807) is 31.5 Å². The van der Waals surface area contributed by atoms with Crippen molar-refractivity contribution in [3.05, 3.63) is 58.8 Å². The number of nitrogens with one attached hydrogen (secondary N) is 1. The SMILES string of the molecule is COc1ccc2c(c1)c(C(=O)Nc1c(C)cc(C)cc1C)cn2C(C)=O. The van der Waals surface area contributed by atoms with Crippen LogP contribution in [0.4, 0.5) is 5.69 Å². The first-order valence-corrected chi connectivity index (χ1v) is 8.41. The molecule has 0 aliphatic carbocycles. The molecule has 3 rings (SSSR count). The fourth-order valence-electron chi connectivity index (χ4n) is 3.34.